The van der Waals surface area contributed by atoms with Gasteiger partial charge in [-0.25, -0.2) is 0 Å². The molecule has 0 spiro atoms. The molecule has 0 aliphatic carbocycles. The topological polar surface area (TPSA) is 74.4 Å². The average molecular weight is 302 g/mol. The average Bonchev–Trinajstić information content (AvgIpc) is 2.98. The third-order valence-corrected chi connectivity index (χ3v) is 4.07. The van der Waals surface area contributed by atoms with Crippen molar-refractivity contribution in [3.05, 3.63) is 47.5 Å². The van der Waals surface area contributed by atoms with Gasteiger partial charge < -0.3 is 10.2 Å². The van der Waals surface area contributed by atoms with Crippen LogP contribution in [-0.4, -0.2) is 49.6 Å². The highest BCUT2D eigenvalue weighted by Gasteiger charge is 2.20. The van der Waals surface area contributed by atoms with Gasteiger partial charge in [-0.05, 0) is 37.1 Å². The molecule has 2 aromatic rings. The summed E-state index contributed by atoms with van der Waals surface area (Å²) in [5.74, 6) is 0. The van der Waals surface area contributed by atoms with E-state index in [1.165, 1.54) is 5.56 Å². The minimum absolute atomic E-state index is 0.286. The van der Waals surface area contributed by atoms with Crippen molar-refractivity contribution < 1.29 is 10.2 Å². The quantitative estimate of drug-likeness (QED) is 0.824. The Morgan fingerprint density at radius 3 is 3.00 bits per heavy atom. The van der Waals surface area contributed by atoms with E-state index in [0.29, 0.717) is 5.69 Å². The Labute approximate surface area is 130 Å². The summed E-state index contributed by atoms with van der Waals surface area (Å²) in [5.41, 5.74) is 2.95. The van der Waals surface area contributed by atoms with Crippen LogP contribution in [0.5, 0.6) is 0 Å². The molecule has 0 saturated heterocycles. The van der Waals surface area contributed by atoms with E-state index in [-0.39, 0.29) is 6.61 Å². The lowest BCUT2D eigenvalue weighted by Crippen LogP contribution is -2.34. The van der Waals surface area contributed by atoms with Crippen LogP contribution in [0.25, 0.3) is 0 Å². The molecule has 2 N–H and O–H groups in total. The summed E-state index contributed by atoms with van der Waals surface area (Å²) in [6.45, 7) is 3.40. The predicted molar refractivity (Wildman–Crippen MR) is 82.1 cm³/mol. The minimum atomic E-state index is -0.878. The van der Waals surface area contributed by atoms with Crippen LogP contribution >= 0.6 is 0 Å². The molecule has 0 bridgehead atoms. The van der Waals surface area contributed by atoms with Gasteiger partial charge in [0.05, 0.1) is 24.5 Å². The maximum atomic E-state index is 9.67. The van der Waals surface area contributed by atoms with Crippen molar-refractivity contribution in [1.29, 1.82) is 0 Å². The van der Waals surface area contributed by atoms with Gasteiger partial charge in [0.1, 0.15) is 6.10 Å². The minimum Gasteiger partial charge on any atom is -0.393 e. The predicted octanol–water partition coefficient (Wildman–Crippen LogP) is 0.752. The van der Waals surface area contributed by atoms with Crippen LogP contribution < -0.4 is 0 Å². The van der Waals surface area contributed by atoms with E-state index in [9.17, 15) is 5.11 Å². The van der Waals surface area contributed by atoms with Gasteiger partial charge in [-0.3, -0.25) is 14.6 Å². The van der Waals surface area contributed by atoms with Crippen molar-refractivity contribution in [2.45, 2.75) is 32.0 Å². The fourth-order valence-electron chi connectivity index (χ4n) is 2.84. The van der Waals surface area contributed by atoms with E-state index in [0.717, 1.165) is 44.7 Å². The van der Waals surface area contributed by atoms with Gasteiger partial charge >= 0.3 is 0 Å². The lowest BCUT2D eigenvalue weighted by Gasteiger charge is -2.27. The second kappa shape index (κ2) is 7.00. The van der Waals surface area contributed by atoms with Gasteiger partial charge in [0.25, 0.3) is 0 Å². The summed E-state index contributed by atoms with van der Waals surface area (Å²) in [4.78, 5) is 6.54. The Hall–Kier alpha value is -1.76. The smallest absolute Gasteiger partial charge is 0.121 e. The molecule has 0 saturated carbocycles. The fourth-order valence-corrected chi connectivity index (χ4v) is 2.84. The molecule has 0 radical (unpaired) electrons. The van der Waals surface area contributed by atoms with Crippen molar-refractivity contribution in [3.63, 3.8) is 0 Å². The number of hydrogen-bond donors (Lipinski definition) is 2. The molecule has 0 aromatic carbocycles. The Bertz CT molecular complexity index is 599. The number of pyridine rings is 1. The first-order valence-electron chi connectivity index (χ1n) is 7.73. The van der Waals surface area contributed by atoms with Crippen molar-refractivity contribution in [1.82, 2.24) is 19.7 Å². The van der Waals surface area contributed by atoms with E-state index >= 15 is 0 Å². The summed E-state index contributed by atoms with van der Waals surface area (Å²) < 4.78 is 1.94. The third kappa shape index (κ3) is 3.52. The van der Waals surface area contributed by atoms with Gasteiger partial charge in [0.15, 0.2) is 0 Å². The van der Waals surface area contributed by atoms with Gasteiger partial charge in [0.2, 0.25) is 0 Å². The Kier molecular flexibility index (Phi) is 4.82. The molecule has 1 aliphatic heterocycles. The van der Waals surface area contributed by atoms with Crippen LogP contribution in [-0.2, 0) is 19.5 Å². The molecule has 3 heterocycles. The molecule has 0 unspecified atom stereocenters. The zero-order valence-corrected chi connectivity index (χ0v) is 12.6. The lowest BCUT2D eigenvalue weighted by atomic mass is 10.1. The molecule has 22 heavy (non-hydrogen) atoms. The highest BCUT2D eigenvalue weighted by Crippen LogP contribution is 2.18. The Balaban J connectivity index is 1.52. The van der Waals surface area contributed by atoms with Crippen LogP contribution in [0.1, 0.15) is 29.5 Å². The molecule has 6 nitrogen and oxygen atoms in total. The lowest BCUT2D eigenvalue weighted by molar-refractivity contribution is 0.0915. The monoisotopic (exact) mass is 302 g/mol. The van der Waals surface area contributed by atoms with Crippen molar-refractivity contribution >= 4 is 0 Å². The zero-order valence-electron chi connectivity index (χ0n) is 12.6. The molecular formula is C16H22N4O2. The van der Waals surface area contributed by atoms with Gasteiger partial charge in [-0.1, -0.05) is 6.07 Å². The van der Waals surface area contributed by atoms with Gasteiger partial charge in [-0.15, -0.1) is 0 Å². The molecular weight excluding hydrogens is 280 g/mol. The second-order valence-electron chi connectivity index (χ2n) is 5.72. The molecule has 0 fully saturated rings. The summed E-state index contributed by atoms with van der Waals surface area (Å²) in [7, 11) is 0. The zero-order chi connectivity index (χ0) is 15.4. The SMILES string of the molecule is OC[C@H](O)c1cc2n(n1)CCN(CCCc1cccnc1)C2. The van der Waals surface area contributed by atoms with Crippen molar-refractivity contribution in [2.75, 3.05) is 19.7 Å². The van der Waals surface area contributed by atoms with Crippen LogP contribution in [0.15, 0.2) is 30.6 Å². The summed E-state index contributed by atoms with van der Waals surface area (Å²) in [6, 6.07) is 5.98. The fraction of sp³-hybridized carbons (Fsp3) is 0.500. The molecule has 3 rings (SSSR count). The number of aliphatic hydroxyl groups is 2. The first-order valence-corrected chi connectivity index (χ1v) is 7.73. The summed E-state index contributed by atoms with van der Waals surface area (Å²) in [6.07, 6.45) is 4.99. The highest BCUT2D eigenvalue weighted by molar-refractivity contribution is 5.14. The summed E-state index contributed by atoms with van der Waals surface area (Å²) >= 11 is 0. The first-order chi connectivity index (χ1) is 10.8. The largest absolute Gasteiger partial charge is 0.393 e. The van der Waals surface area contributed by atoms with E-state index in [4.69, 9.17) is 5.11 Å². The second-order valence-corrected chi connectivity index (χ2v) is 5.72. The van der Waals surface area contributed by atoms with Crippen LogP contribution in [0.2, 0.25) is 0 Å². The molecule has 1 aliphatic rings. The van der Waals surface area contributed by atoms with E-state index in [1.54, 1.807) is 6.20 Å². The summed E-state index contributed by atoms with van der Waals surface area (Å²) in [5, 5.41) is 23.0. The van der Waals surface area contributed by atoms with Crippen LogP contribution in [0.3, 0.4) is 0 Å². The molecule has 2 aromatic heterocycles. The number of nitrogens with zero attached hydrogens (tertiary/aromatic N) is 4. The normalized spacial score (nSPS) is 16.5. The van der Waals surface area contributed by atoms with Crippen LogP contribution in [0, 0.1) is 0 Å². The van der Waals surface area contributed by atoms with E-state index < -0.39 is 6.10 Å². The maximum Gasteiger partial charge on any atom is 0.121 e. The number of hydrogen-bond acceptors (Lipinski definition) is 5. The van der Waals surface area contributed by atoms with E-state index in [1.807, 2.05) is 23.0 Å². The third-order valence-electron chi connectivity index (χ3n) is 4.07. The van der Waals surface area contributed by atoms with E-state index in [2.05, 4.69) is 21.0 Å². The highest BCUT2D eigenvalue weighted by atomic mass is 16.3. The maximum absolute atomic E-state index is 9.67. The number of fused-ring (bicyclic) bond motifs is 1. The van der Waals surface area contributed by atoms with Gasteiger partial charge in [0, 0.05) is 25.5 Å². The molecule has 1 atom stereocenters. The molecule has 0 amide bonds. The Morgan fingerprint density at radius 1 is 1.32 bits per heavy atom. The van der Waals surface area contributed by atoms with Crippen molar-refractivity contribution in [3.8, 4) is 0 Å². The van der Waals surface area contributed by atoms with Crippen molar-refractivity contribution in [2.24, 2.45) is 0 Å². The van der Waals surface area contributed by atoms with Gasteiger partial charge in [-0.2, -0.15) is 5.10 Å². The number of aryl methyl sites for hydroxylation is 1. The number of aromatic nitrogens is 3. The number of rotatable bonds is 6. The molecule has 6 heteroatoms. The Morgan fingerprint density at radius 2 is 2.23 bits per heavy atom. The molecule has 118 valence electrons. The number of aliphatic hydroxyl groups excluding tert-OH is 2. The standard InChI is InChI=1S/C16H22N4O2/c21-12-16(22)15-9-14-11-19(7-8-20(14)18-15)6-2-4-13-3-1-5-17-10-13/h1,3,5,9-10,16,21-22H,2,4,6-8,11-12H2/t16-/m0/s1. The van der Waals surface area contributed by atoms with Crippen LogP contribution in [0.4, 0.5) is 0 Å². The first kappa shape index (κ1) is 15.1.